The molecule has 0 fully saturated rings. The standard InChI is InChI=1S/C13H9ClN2OS/c14-11-4-2-1-3-9(11)7-16-8-15-12-10(13(16)17)5-6-18-12/h1-6,8H,7H2. The summed E-state index contributed by atoms with van der Waals surface area (Å²) in [7, 11) is 0. The minimum Gasteiger partial charge on any atom is -0.294 e. The van der Waals surface area contributed by atoms with Crippen molar-refractivity contribution in [2.24, 2.45) is 0 Å². The molecule has 0 saturated carbocycles. The van der Waals surface area contributed by atoms with Crippen molar-refractivity contribution in [1.29, 1.82) is 0 Å². The maximum atomic E-state index is 12.2. The second-order valence-electron chi connectivity index (χ2n) is 3.91. The fraction of sp³-hybridized carbons (Fsp3) is 0.0769. The summed E-state index contributed by atoms with van der Waals surface area (Å²) in [5.41, 5.74) is 0.888. The molecule has 3 aromatic rings. The maximum Gasteiger partial charge on any atom is 0.262 e. The molecular weight excluding hydrogens is 268 g/mol. The number of hydrogen-bond acceptors (Lipinski definition) is 3. The van der Waals surface area contributed by atoms with Crippen LogP contribution < -0.4 is 5.56 Å². The predicted molar refractivity (Wildman–Crippen MR) is 74.4 cm³/mol. The highest BCUT2D eigenvalue weighted by Gasteiger charge is 2.06. The molecule has 1 aromatic carbocycles. The molecule has 90 valence electrons. The third-order valence-corrected chi connectivity index (χ3v) is 3.94. The molecule has 2 heterocycles. The number of rotatable bonds is 2. The molecule has 0 unspecified atom stereocenters. The molecule has 0 aliphatic rings. The summed E-state index contributed by atoms with van der Waals surface area (Å²) in [6, 6.07) is 9.31. The van der Waals surface area contributed by atoms with Crippen molar-refractivity contribution >= 4 is 33.2 Å². The van der Waals surface area contributed by atoms with Crippen LogP contribution in [0.4, 0.5) is 0 Å². The number of thiophene rings is 1. The fourth-order valence-electron chi connectivity index (χ4n) is 1.82. The quantitative estimate of drug-likeness (QED) is 0.721. The van der Waals surface area contributed by atoms with Crippen molar-refractivity contribution in [2.75, 3.05) is 0 Å². The van der Waals surface area contributed by atoms with Gasteiger partial charge in [0.05, 0.1) is 18.3 Å². The zero-order valence-electron chi connectivity index (χ0n) is 9.34. The van der Waals surface area contributed by atoms with Gasteiger partial charge >= 0.3 is 0 Å². The number of nitrogens with zero attached hydrogens (tertiary/aromatic N) is 2. The van der Waals surface area contributed by atoms with Crippen LogP contribution in [0.25, 0.3) is 10.2 Å². The molecule has 18 heavy (non-hydrogen) atoms. The van der Waals surface area contributed by atoms with E-state index in [1.54, 1.807) is 17.0 Å². The molecule has 0 amide bonds. The van der Waals surface area contributed by atoms with Gasteiger partial charge < -0.3 is 0 Å². The molecule has 3 nitrogen and oxygen atoms in total. The lowest BCUT2D eigenvalue weighted by molar-refractivity contribution is 0.749. The monoisotopic (exact) mass is 276 g/mol. The first-order valence-electron chi connectivity index (χ1n) is 5.42. The van der Waals surface area contributed by atoms with Crippen LogP contribution in [-0.2, 0) is 6.54 Å². The van der Waals surface area contributed by atoms with Gasteiger partial charge in [-0.05, 0) is 23.1 Å². The molecule has 0 atom stereocenters. The van der Waals surface area contributed by atoms with Crippen LogP contribution >= 0.6 is 22.9 Å². The Morgan fingerprint density at radius 2 is 2.11 bits per heavy atom. The Kier molecular flexibility index (Phi) is 2.89. The Morgan fingerprint density at radius 1 is 1.28 bits per heavy atom. The largest absolute Gasteiger partial charge is 0.294 e. The van der Waals surface area contributed by atoms with Gasteiger partial charge in [0.25, 0.3) is 5.56 Å². The third kappa shape index (κ3) is 1.94. The van der Waals surface area contributed by atoms with Gasteiger partial charge in [0.15, 0.2) is 0 Å². The maximum absolute atomic E-state index is 12.2. The Labute approximate surface area is 112 Å². The van der Waals surface area contributed by atoms with Crippen LogP contribution in [0.3, 0.4) is 0 Å². The van der Waals surface area contributed by atoms with Crippen molar-refractivity contribution in [3.8, 4) is 0 Å². The zero-order valence-corrected chi connectivity index (χ0v) is 10.9. The fourth-order valence-corrected chi connectivity index (χ4v) is 2.73. The first kappa shape index (κ1) is 11.4. The molecule has 0 aliphatic carbocycles. The van der Waals surface area contributed by atoms with E-state index in [1.807, 2.05) is 29.6 Å². The summed E-state index contributed by atoms with van der Waals surface area (Å²) < 4.78 is 1.58. The van der Waals surface area contributed by atoms with E-state index in [1.165, 1.54) is 11.3 Å². The average molecular weight is 277 g/mol. The molecule has 0 spiro atoms. The number of halogens is 1. The number of hydrogen-bond donors (Lipinski definition) is 0. The van der Waals surface area contributed by atoms with Crippen molar-refractivity contribution in [3.05, 3.63) is 63.0 Å². The minimum absolute atomic E-state index is 0.0267. The Bertz CT molecular complexity index is 763. The summed E-state index contributed by atoms with van der Waals surface area (Å²) in [4.78, 5) is 17.2. The van der Waals surface area contributed by atoms with E-state index in [0.717, 1.165) is 10.4 Å². The first-order chi connectivity index (χ1) is 8.75. The predicted octanol–water partition coefficient (Wildman–Crippen LogP) is 3.16. The van der Waals surface area contributed by atoms with Crippen molar-refractivity contribution in [1.82, 2.24) is 9.55 Å². The summed E-state index contributed by atoms with van der Waals surface area (Å²) >= 11 is 7.56. The molecule has 2 aromatic heterocycles. The zero-order chi connectivity index (χ0) is 12.5. The van der Waals surface area contributed by atoms with Gasteiger partial charge in [0.2, 0.25) is 0 Å². The third-order valence-electron chi connectivity index (χ3n) is 2.75. The smallest absolute Gasteiger partial charge is 0.262 e. The van der Waals surface area contributed by atoms with Gasteiger partial charge in [0.1, 0.15) is 4.83 Å². The van der Waals surface area contributed by atoms with Gasteiger partial charge in [-0.25, -0.2) is 4.98 Å². The first-order valence-corrected chi connectivity index (χ1v) is 6.67. The molecule has 0 N–H and O–H groups in total. The van der Waals surface area contributed by atoms with Crippen LogP contribution in [0, 0.1) is 0 Å². The lowest BCUT2D eigenvalue weighted by Gasteiger charge is -2.06. The highest BCUT2D eigenvalue weighted by Crippen LogP contribution is 2.17. The van der Waals surface area contributed by atoms with E-state index < -0.39 is 0 Å². The Balaban J connectivity index is 2.08. The Hall–Kier alpha value is -1.65. The molecule has 0 bridgehead atoms. The minimum atomic E-state index is -0.0267. The van der Waals surface area contributed by atoms with E-state index in [0.29, 0.717) is 17.0 Å². The summed E-state index contributed by atoms with van der Waals surface area (Å²) in [6.45, 7) is 0.442. The number of aromatic nitrogens is 2. The highest BCUT2D eigenvalue weighted by atomic mass is 35.5. The summed E-state index contributed by atoms with van der Waals surface area (Å²) in [5, 5.41) is 3.20. The van der Waals surface area contributed by atoms with Gasteiger partial charge in [-0.1, -0.05) is 29.8 Å². The normalized spacial score (nSPS) is 10.9. The van der Waals surface area contributed by atoms with Gasteiger partial charge in [-0.15, -0.1) is 11.3 Å². The van der Waals surface area contributed by atoms with Crippen LogP contribution in [0.15, 0.2) is 46.8 Å². The topological polar surface area (TPSA) is 34.9 Å². The van der Waals surface area contributed by atoms with E-state index in [9.17, 15) is 4.79 Å². The second-order valence-corrected chi connectivity index (χ2v) is 5.21. The van der Waals surface area contributed by atoms with Crippen LogP contribution in [0.1, 0.15) is 5.56 Å². The van der Waals surface area contributed by atoms with Crippen LogP contribution in [0.2, 0.25) is 5.02 Å². The Morgan fingerprint density at radius 3 is 2.94 bits per heavy atom. The summed E-state index contributed by atoms with van der Waals surface area (Å²) in [6.07, 6.45) is 1.57. The van der Waals surface area contributed by atoms with Gasteiger partial charge in [-0.3, -0.25) is 9.36 Å². The average Bonchev–Trinajstić information content (AvgIpc) is 2.84. The summed E-state index contributed by atoms with van der Waals surface area (Å²) in [5.74, 6) is 0. The highest BCUT2D eigenvalue weighted by molar-refractivity contribution is 7.16. The molecule has 0 aliphatic heterocycles. The molecule has 5 heteroatoms. The molecule has 0 saturated heterocycles. The molecular formula is C13H9ClN2OS. The number of benzene rings is 1. The van der Waals surface area contributed by atoms with E-state index in [-0.39, 0.29) is 5.56 Å². The second kappa shape index (κ2) is 4.55. The van der Waals surface area contributed by atoms with Crippen molar-refractivity contribution < 1.29 is 0 Å². The number of fused-ring (bicyclic) bond motifs is 1. The van der Waals surface area contributed by atoms with E-state index in [4.69, 9.17) is 11.6 Å². The van der Waals surface area contributed by atoms with Gasteiger partial charge in [-0.2, -0.15) is 0 Å². The lowest BCUT2D eigenvalue weighted by Crippen LogP contribution is -2.20. The SMILES string of the molecule is O=c1c2ccsc2ncn1Cc1ccccc1Cl. The van der Waals surface area contributed by atoms with Crippen LogP contribution in [-0.4, -0.2) is 9.55 Å². The molecule has 3 rings (SSSR count). The van der Waals surface area contributed by atoms with E-state index in [2.05, 4.69) is 4.98 Å². The lowest BCUT2D eigenvalue weighted by atomic mass is 10.2. The van der Waals surface area contributed by atoms with E-state index >= 15 is 0 Å². The van der Waals surface area contributed by atoms with Crippen LogP contribution in [0.5, 0.6) is 0 Å². The van der Waals surface area contributed by atoms with Crippen molar-refractivity contribution in [2.45, 2.75) is 6.54 Å². The molecule has 0 radical (unpaired) electrons. The van der Waals surface area contributed by atoms with Gasteiger partial charge in [0, 0.05) is 5.02 Å². The van der Waals surface area contributed by atoms with Crippen molar-refractivity contribution in [3.63, 3.8) is 0 Å².